The van der Waals surface area contributed by atoms with Crippen molar-refractivity contribution in [2.24, 2.45) is 0 Å². The average molecular weight is 296 g/mol. The van der Waals surface area contributed by atoms with Crippen LogP contribution in [0.3, 0.4) is 0 Å². The lowest BCUT2D eigenvalue weighted by molar-refractivity contribution is -0.0979. The second-order valence-electron chi connectivity index (χ2n) is 2.56. The monoisotopic (exact) mass is 294 g/mol. The van der Waals surface area contributed by atoms with E-state index < -0.39 is 0 Å². The highest BCUT2D eigenvalue weighted by Crippen LogP contribution is 2.21. The van der Waals surface area contributed by atoms with Gasteiger partial charge >= 0.3 is 0 Å². The van der Waals surface area contributed by atoms with Gasteiger partial charge in [0, 0.05) is 0 Å². The number of para-hydroxylation sites is 1. The molecule has 2 rings (SSSR count). The number of aromatic hydroxyl groups is 1. The van der Waals surface area contributed by atoms with Gasteiger partial charge in [-0.3, -0.25) is 0 Å². The molecule has 0 aliphatic carbocycles. The van der Waals surface area contributed by atoms with Crippen molar-refractivity contribution in [3.05, 3.63) is 28.7 Å². The van der Waals surface area contributed by atoms with Crippen molar-refractivity contribution in [3.8, 4) is 5.75 Å². The molecule has 1 N–H and O–H groups in total. The molecule has 1 aliphatic heterocycles. The summed E-state index contributed by atoms with van der Waals surface area (Å²) in [6.07, 6.45) is 0.400. The molecule has 0 amide bonds. The first-order valence-corrected chi connectivity index (χ1v) is 5.46. The molecule has 1 saturated heterocycles. The number of alkyl halides is 1. The minimum atomic E-state index is 0.285. The highest BCUT2D eigenvalue weighted by molar-refractivity contribution is 9.10. The first-order chi connectivity index (χ1) is 7.24. The fourth-order valence-corrected chi connectivity index (χ4v) is 1.07. The molecule has 5 heteroatoms. The van der Waals surface area contributed by atoms with Gasteiger partial charge in [-0.05, 0) is 28.1 Å². The van der Waals surface area contributed by atoms with Crippen LogP contribution in [0.5, 0.6) is 5.75 Å². The van der Waals surface area contributed by atoms with Crippen LogP contribution in [-0.4, -0.2) is 30.5 Å². The van der Waals surface area contributed by atoms with Crippen molar-refractivity contribution in [1.29, 1.82) is 0 Å². The quantitative estimate of drug-likeness (QED) is 0.640. The van der Waals surface area contributed by atoms with Gasteiger partial charge in [0.1, 0.15) is 12.5 Å². The van der Waals surface area contributed by atoms with E-state index in [-0.39, 0.29) is 5.75 Å². The van der Waals surface area contributed by atoms with Gasteiger partial charge in [-0.2, -0.15) is 0 Å². The summed E-state index contributed by atoms with van der Waals surface area (Å²) in [6.45, 7) is 2.88. The van der Waals surface area contributed by atoms with E-state index in [1.807, 2.05) is 12.9 Å². The summed E-state index contributed by atoms with van der Waals surface area (Å²) in [7, 11) is 0. The molecular weight excluding hydrogens is 283 g/mol. The predicted molar refractivity (Wildman–Crippen MR) is 63.4 cm³/mol. The van der Waals surface area contributed by atoms with Crippen LogP contribution in [0.2, 0.25) is 0 Å². The molecule has 0 saturated carbocycles. The van der Waals surface area contributed by atoms with E-state index in [1.54, 1.807) is 18.2 Å². The fourth-order valence-electron chi connectivity index (χ4n) is 0.609. The number of hydrogen-bond acceptors (Lipinski definition) is 3. The molecule has 0 radical (unpaired) electrons. The van der Waals surface area contributed by atoms with Crippen LogP contribution >= 0.6 is 27.5 Å². The third-order valence-corrected chi connectivity index (χ3v) is 2.44. The Bertz CT molecular complexity index is 258. The number of benzene rings is 1. The molecule has 1 atom stereocenters. The predicted octanol–water partition coefficient (Wildman–Crippen LogP) is 2.59. The van der Waals surface area contributed by atoms with Crippen LogP contribution in [0.25, 0.3) is 0 Å². The van der Waals surface area contributed by atoms with Crippen molar-refractivity contribution in [1.82, 2.24) is 0 Å². The Hall–Kier alpha value is -0.580. The minimum absolute atomic E-state index is 0.285. The molecule has 0 aromatic heterocycles. The third-order valence-electron chi connectivity index (χ3n) is 1.43. The van der Waals surface area contributed by atoms with Crippen LogP contribution in [0.4, 0.5) is 0 Å². The van der Waals surface area contributed by atoms with Crippen molar-refractivity contribution in [3.63, 3.8) is 0 Å². The Kier molecular flexibility index (Phi) is 8.37. The van der Waals surface area contributed by atoms with Crippen LogP contribution in [-0.2, 0) is 9.53 Å². The molecule has 3 nitrogen and oxygen atoms in total. The number of ether oxygens (including phenoxy) is 1. The largest absolute Gasteiger partial charge is 0.507 e. The number of carbonyl (C=O) groups is 1. The molecule has 0 spiro atoms. The highest BCUT2D eigenvalue weighted by Gasteiger charge is 2.19. The number of epoxide rings is 1. The number of halogens is 2. The minimum Gasteiger partial charge on any atom is -0.507 e. The zero-order valence-electron chi connectivity index (χ0n) is 8.03. The molecule has 1 aromatic rings. The second-order valence-corrected chi connectivity index (χ2v) is 3.72. The maximum Gasteiger partial charge on any atom is 0.129 e. The number of phenols is 1. The molecule has 0 bridgehead atoms. The summed E-state index contributed by atoms with van der Waals surface area (Å²) in [5.41, 5.74) is 0. The first kappa shape index (κ1) is 14.4. The number of hydrogen-bond donors (Lipinski definition) is 1. The van der Waals surface area contributed by atoms with E-state index in [4.69, 9.17) is 26.2 Å². The fraction of sp³-hybridized carbons (Fsp3) is 0.300. The molecule has 1 aromatic carbocycles. The van der Waals surface area contributed by atoms with Crippen LogP contribution < -0.4 is 0 Å². The molecular formula is C10H12BrClO3. The number of carbonyl (C=O) groups excluding carboxylic acids is 1. The van der Waals surface area contributed by atoms with Gasteiger partial charge in [-0.15, -0.1) is 11.6 Å². The van der Waals surface area contributed by atoms with E-state index in [0.29, 0.717) is 12.0 Å². The Morgan fingerprint density at radius 1 is 1.53 bits per heavy atom. The van der Waals surface area contributed by atoms with Crippen LogP contribution in [0.15, 0.2) is 28.7 Å². The van der Waals surface area contributed by atoms with E-state index in [1.165, 1.54) is 0 Å². The maximum atomic E-state index is 8.87. The Morgan fingerprint density at radius 3 is 2.27 bits per heavy atom. The number of phenolic OH excluding ortho intramolecular Hbond substituents is 1. The average Bonchev–Trinajstić information content (AvgIpc) is 3.10. The molecule has 1 fully saturated rings. The summed E-state index contributed by atoms with van der Waals surface area (Å²) in [4.78, 5) is 8.00. The smallest absolute Gasteiger partial charge is 0.129 e. The van der Waals surface area contributed by atoms with Gasteiger partial charge in [0.15, 0.2) is 0 Å². The summed E-state index contributed by atoms with van der Waals surface area (Å²) in [5, 5.41) is 8.87. The first-order valence-electron chi connectivity index (χ1n) is 4.14. The Balaban J connectivity index is 0.000000241. The highest BCUT2D eigenvalue weighted by atomic mass is 79.9. The third kappa shape index (κ3) is 7.36. The van der Waals surface area contributed by atoms with Crippen LogP contribution in [0, 0.1) is 0 Å². The summed E-state index contributed by atoms with van der Waals surface area (Å²) in [5.74, 6) is 0.951. The van der Waals surface area contributed by atoms with Gasteiger partial charge in [-0.1, -0.05) is 12.1 Å². The summed E-state index contributed by atoms with van der Waals surface area (Å²) < 4.78 is 5.46. The normalized spacial score (nSPS) is 16.5. The van der Waals surface area contributed by atoms with Crippen molar-refractivity contribution >= 4 is 34.3 Å². The molecule has 1 unspecified atom stereocenters. The van der Waals surface area contributed by atoms with E-state index in [0.717, 1.165) is 11.1 Å². The zero-order chi connectivity index (χ0) is 11.7. The van der Waals surface area contributed by atoms with Gasteiger partial charge in [0.25, 0.3) is 0 Å². The van der Waals surface area contributed by atoms with Crippen molar-refractivity contribution < 1.29 is 14.6 Å². The van der Waals surface area contributed by atoms with Gasteiger partial charge < -0.3 is 14.6 Å². The lowest BCUT2D eigenvalue weighted by atomic mass is 10.3. The summed E-state index contributed by atoms with van der Waals surface area (Å²) in [6, 6.07) is 7.04. The van der Waals surface area contributed by atoms with Crippen molar-refractivity contribution in [2.75, 3.05) is 12.5 Å². The molecule has 1 aliphatic rings. The lowest BCUT2D eigenvalue weighted by Gasteiger charge is -1.90. The topological polar surface area (TPSA) is 49.8 Å². The van der Waals surface area contributed by atoms with E-state index >= 15 is 0 Å². The Labute approximate surface area is 102 Å². The SMILES string of the molecule is C=O.ClCC1CO1.Oc1ccccc1Br. The lowest BCUT2D eigenvalue weighted by Crippen LogP contribution is -1.80. The van der Waals surface area contributed by atoms with Gasteiger partial charge in [0.05, 0.1) is 23.1 Å². The molecule has 15 heavy (non-hydrogen) atoms. The zero-order valence-corrected chi connectivity index (χ0v) is 10.4. The standard InChI is InChI=1S/C6H5BrO.C3H5ClO.CH2O/c7-5-3-1-2-4-6(5)8;4-1-3-2-5-3;1-2/h1-4,8H;3H,1-2H2;1H2. The van der Waals surface area contributed by atoms with Crippen LogP contribution in [0.1, 0.15) is 0 Å². The number of rotatable bonds is 1. The molecule has 1 heterocycles. The maximum absolute atomic E-state index is 8.87. The van der Waals surface area contributed by atoms with Gasteiger partial charge in [-0.25, -0.2) is 0 Å². The molecule has 84 valence electrons. The van der Waals surface area contributed by atoms with Crippen molar-refractivity contribution in [2.45, 2.75) is 6.10 Å². The second kappa shape index (κ2) is 8.71. The Morgan fingerprint density at radius 2 is 2.07 bits per heavy atom. The van der Waals surface area contributed by atoms with E-state index in [9.17, 15) is 0 Å². The van der Waals surface area contributed by atoms with E-state index in [2.05, 4.69) is 15.9 Å². The summed E-state index contributed by atoms with van der Waals surface area (Å²) >= 11 is 8.42. The van der Waals surface area contributed by atoms with Gasteiger partial charge in [0.2, 0.25) is 0 Å².